The van der Waals surface area contributed by atoms with Gasteiger partial charge >= 0.3 is 5.97 Å². The fraction of sp³-hybridized carbons (Fsp3) is 0.350. The smallest absolute Gasteiger partial charge is 0.308 e. The van der Waals surface area contributed by atoms with E-state index in [-0.39, 0.29) is 29.9 Å². The summed E-state index contributed by atoms with van der Waals surface area (Å²) < 4.78 is 5.12. The van der Waals surface area contributed by atoms with Crippen molar-refractivity contribution in [3.63, 3.8) is 0 Å². The Kier molecular flexibility index (Phi) is 3.14. The lowest BCUT2D eigenvalue weighted by Gasteiger charge is -2.36. The summed E-state index contributed by atoms with van der Waals surface area (Å²) in [4.78, 5) is 36.2. The highest BCUT2D eigenvalue weighted by Crippen LogP contribution is 2.54. The van der Waals surface area contributed by atoms with Gasteiger partial charge in [-0.05, 0) is 46.9 Å². The highest BCUT2D eigenvalue weighted by atomic mass is 16.5. The number of ether oxygens (including phenoxy) is 1. The lowest BCUT2D eigenvalue weighted by Crippen LogP contribution is -2.35. The van der Waals surface area contributed by atoms with Crippen LogP contribution in [-0.2, 0) is 9.59 Å². The van der Waals surface area contributed by atoms with Gasteiger partial charge in [0.2, 0.25) is 0 Å². The van der Waals surface area contributed by atoms with E-state index in [9.17, 15) is 14.4 Å². The van der Waals surface area contributed by atoms with Gasteiger partial charge in [0.05, 0.1) is 0 Å². The van der Waals surface area contributed by atoms with Gasteiger partial charge in [-0.1, -0.05) is 19.1 Å². The summed E-state index contributed by atoms with van der Waals surface area (Å²) in [7, 11) is 0. The summed E-state index contributed by atoms with van der Waals surface area (Å²) in [6.45, 7) is 3.29. The number of esters is 1. The zero-order chi connectivity index (χ0) is 17.1. The van der Waals surface area contributed by atoms with Gasteiger partial charge < -0.3 is 4.74 Å². The standard InChI is InChI=1S/C20H18O4/c1-11(21)24-13-4-6-14-12(9-13)3-5-15-16-7-8-18(23)20(16,2)10-17(22)19(14)15/h3-6,9,16H,7-8,10H2,1-2H3/t16-,20-/m0/s1. The van der Waals surface area contributed by atoms with Crippen molar-refractivity contribution < 1.29 is 19.1 Å². The van der Waals surface area contributed by atoms with Crippen molar-refractivity contribution in [2.45, 2.75) is 39.0 Å². The summed E-state index contributed by atoms with van der Waals surface area (Å²) >= 11 is 0. The molecule has 1 fully saturated rings. The minimum Gasteiger partial charge on any atom is -0.427 e. The molecule has 0 unspecified atom stereocenters. The molecule has 2 aliphatic carbocycles. The molecule has 4 rings (SSSR count). The maximum Gasteiger partial charge on any atom is 0.308 e. The maximum absolute atomic E-state index is 12.8. The van der Waals surface area contributed by atoms with Gasteiger partial charge in [0.1, 0.15) is 11.5 Å². The zero-order valence-electron chi connectivity index (χ0n) is 13.7. The molecule has 0 heterocycles. The molecule has 2 atom stereocenters. The van der Waals surface area contributed by atoms with Crippen LogP contribution >= 0.6 is 0 Å². The van der Waals surface area contributed by atoms with Crippen LogP contribution in [0.2, 0.25) is 0 Å². The molecule has 0 amide bonds. The monoisotopic (exact) mass is 322 g/mol. The third kappa shape index (κ3) is 2.02. The second kappa shape index (κ2) is 5.00. The Morgan fingerprint density at radius 3 is 2.75 bits per heavy atom. The van der Waals surface area contributed by atoms with E-state index < -0.39 is 5.41 Å². The molecule has 24 heavy (non-hydrogen) atoms. The number of hydrogen-bond acceptors (Lipinski definition) is 4. The molecule has 0 aromatic heterocycles. The second-order valence-electron chi connectivity index (χ2n) is 7.04. The molecule has 2 aliphatic rings. The fourth-order valence-electron chi connectivity index (χ4n) is 4.37. The molecule has 0 saturated heterocycles. The van der Waals surface area contributed by atoms with Crippen molar-refractivity contribution in [1.29, 1.82) is 0 Å². The minimum atomic E-state index is -0.546. The third-order valence-corrected chi connectivity index (χ3v) is 5.53. The van der Waals surface area contributed by atoms with Crippen molar-refractivity contribution in [2.75, 3.05) is 0 Å². The maximum atomic E-state index is 12.8. The molecule has 0 bridgehead atoms. The molecule has 0 spiro atoms. The number of carbonyl (C=O) groups is 3. The Hall–Kier alpha value is -2.49. The zero-order valence-corrected chi connectivity index (χ0v) is 13.7. The first-order valence-electron chi connectivity index (χ1n) is 8.22. The lowest BCUT2D eigenvalue weighted by molar-refractivity contribution is -0.131. The quantitative estimate of drug-likeness (QED) is 0.592. The first kappa shape index (κ1) is 15.1. The molecule has 0 aliphatic heterocycles. The van der Waals surface area contributed by atoms with Crippen molar-refractivity contribution in [1.82, 2.24) is 0 Å². The third-order valence-electron chi connectivity index (χ3n) is 5.53. The van der Waals surface area contributed by atoms with Crippen LogP contribution in [0.15, 0.2) is 30.3 Å². The number of benzene rings is 2. The Morgan fingerprint density at radius 2 is 2.00 bits per heavy atom. The predicted molar refractivity (Wildman–Crippen MR) is 89.3 cm³/mol. The SMILES string of the molecule is CC(=O)Oc1ccc2c3c(ccc2c1)[C@@H]1CCC(=O)[C@@]1(C)CC3=O. The van der Waals surface area contributed by atoms with E-state index in [1.165, 1.54) is 6.92 Å². The van der Waals surface area contributed by atoms with E-state index in [0.29, 0.717) is 12.2 Å². The van der Waals surface area contributed by atoms with Crippen molar-refractivity contribution in [2.24, 2.45) is 5.41 Å². The Bertz CT molecular complexity index is 911. The van der Waals surface area contributed by atoms with Crippen LogP contribution in [0.3, 0.4) is 0 Å². The van der Waals surface area contributed by atoms with Crippen LogP contribution in [-0.4, -0.2) is 17.5 Å². The predicted octanol–water partition coefficient (Wildman–Crippen LogP) is 3.80. The summed E-state index contributed by atoms with van der Waals surface area (Å²) in [5.74, 6) is 0.458. The fourth-order valence-corrected chi connectivity index (χ4v) is 4.37. The van der Waals surface area contributed by atoms with Gasteiger partial charge in [0, 0.05) is 30.7 Å². The van der Waals surface area contributed by atoms with Crippen LogP contribution in [0.1, 0.15) is 54.9 Å². The number of ketones is 2. The first-order valence-corrected chi connectivity index (χ1v) is 8.22. The van der Waals surface area contributed by atoms with Crippen LogP contribution in [0.25, 0.3) is 10.8 Å². The average molecular weight is 322 g/mol. The Balaban J connectivity index is 1.89. The minimum absolute atomic E-state index is 0.0323. The number of hydrogen-bond donors (Lipinski definition) is 0. The summed E-state index contributed by atoms with van der Waals surface area (Å²) in [6.07, 6.45) is 1.65. The van der Waals surface area contributed by atoms with Crippen molar-refractivity contribution in [3.8, 4) is 5.75 Å². The average Bonchev–Trinajstić information content (AvgIpc) is 2.81. The normalized spacial score (nSPS) is 25.5. The number of rotatable bonds is 1. The Morgan fingerprint density at radius 1 is 1.21 bits per heavy atom. The second-order valence-corrected chi connectivity index (χ2v) is 7.04. The van der Waals surface area contributed by atoms with Gasteiger partial charge in [-0.3, -0.25) is 14.4 Å². The highest BCUT2D eigenvalue weighted by Gasteiger charge is 2.51. The topological polar surface area (TPSA) is 60.4 Å². The molecule has 0 N–H and O–H groups in total. The van der Waals surface area contributed by atoms with E-state index in [0.717, 1.165) is 28.3 Å². The first-order chi connectivity index (χ1) is 11.4. The molecular weight excluding hydrogens is 304 g/mol. The van der Waals surface area contributed by atoms with Gasteiger partial charge in [-0.25, -0.2) is 0 Å². The molecule has 122 valence electrons. The molecular formula is C20H18O4. The van der Waals surface area contributed by atoms with Crippen LogP contribution in [0, 0.1) is 5.41 Å². The van der Waals surface area contributed by atoms with E-state index in [1.807, 2.05) is 25.1 Å². The van der Waals surface area contributed by atoms with Gasteiger partial charge in [-0.15, -0.1) is 0 Å². The molecule has 2 aromatic carbocycles. The molecule has 1 saturated carbocycles. The van der Waals surface area contributed by atoms with E-state index in [2.05, 4.69) is 0 Å². The number of Topliss-reactive ketones (excluding diaryl/α,β-unsaturated/α-hetero) is 2. The van der Waals surface area contributed by atoms with Crippen LogP contribution in [0.5, 0.6) is 5.75 Å². The van der Waals surface area contributed by atoms with Crippen molar-refractivity contribution in [3.05, 3.63) is 41.5 Å². The Labute approximate surface area is 139 Å². The van der Waals surface area contributed by atoms with E-state index in [1.54, 1.807) is 12.1 Å². The largest absolute Gasteiger partial charge is 0.427 e. The molecule has 0 radical (unpaired) electrons. The summed E-state index contributed by atoms with van der Waals surface area (Å²) in [5, 5.41) is 1.74. The lowest BCUT2D eigenvalue weighted by atomic mass is 9.65. The molecule has 4 nitrogen and oxygen atoms in total. The van der Waals surface area contributed by atoms with Gasteiger partial charge in [0.15, 0.2) is 5.78 Å². The van der Waals surface area contributed by atoms with E-state index >= 15 is 0 Å². The highest BCUT2D eigenvalue weighted by molar-refractivity contribution is 6.13. The molecule has 2 aromatic rings. The molecule has 4 heteroatoms. The van der Waals surface area contributed by atoms with Crippen LogP contribution < -0.4 is 4.74 Å². The number of carbonyl (C=O) groups excluding carboxylic acids is 3. The van der Waals surface area contributed by atoms with Crippen molar-refractivity contribution >= 4 is 28.3 Å². The summed E-state index contributed by atoms with van der Waals surface area (Å²) in [6, 6.07) is 9.24. The number of fused-ring (bicyclic) bond motifs is 5. The van der Waals surface area contributed by atoms with Crippen LogP contribution in [0.4, 0.5) is 0 Å². The van der Waals surface area contributed by atoms with Gasteiger partial charge in [-0.2, -0.15) is 0 Å². The summed E-state index contributed by atoms with van der Waals surface area (Å²) in [5.41, 5.74) is 1.18. The van der Waals surface area contributed by atoms with E-state index in [4.69, 9.17) is 4.74 Å². The van der Waals surface area contributed by atoms with Gasteiger partial charge in [0.25, 0.3) is 0 Å².